The highest BCUT2D eigenvalue weighted by molar-refractivity contribution is 6.17. The van der Waals surface area contributed by atoms with Gasteiger partial charge in [0.15, 0.2) is 5.58 Å². The van der Waals surface area contributed by atoms with Crippen molar-refractivity contribution in [2.24, 2.45) is 0 Å². The molecular weight excluding hydrogens is 663 g/mol. The zero-order valence-electron chi connectivity index (χ0n) is 29.1. The Labute approximate surface area is 310 Å². The Kier molecular flexibility index (Phi) is 6.79. The molecule has 0 spiro atoms. The molecule has 11 rings (SSSR count). The number of fused-ring (bicyclic) bond motifs is 8. The molecule has 0 bridgehead atoms. The standard InChI is InChI=1S/C49H31N3O2/c1-4-13-33(14-5-1)49-50-41-29-30-44-46(48(41)54-49)40-28-25-34(31-45(40)53-44)32-23-26-37(27-24-32)51(35-15-6-2-7-16-35)43-22-12-20-39-38-19-10-11-21-42(38)52(47(39)43)36-17-8-3-9-18-36/h1-31H. The van der Waals surface area contributed by atoms with E-state index in [4.69, 9.17) is 13.8 Å². The second-order valence-electron chi connectivity index (χ2n) is 13.6. The van der Waals surface area contributed by atoms with Crippen LogP contribution in [0.25, 0.3) is 83.1 Å². The molecule has 3 heterocycles. The zero-order chi connectivity index (χ0) is 35.6. The summed E-state index contributed by atoms with van der Waals surface area (Å²) >= 11 is 0. The van der Waals surface area contributed by atoms with Crippen LogP contribution in [0.2, 0.25) is 0 Å². The van der Waals surface area contributed by atoms with Crippen molar-refractivity contribution in [2.45, 2.75) is 0 Å². The highest BCUT2D eigenvalue weighted by Gasteiger charge is 2.22. The van der Waals surface area contributed by atoms with Crippen LogP contribution in [0.15, 0.2) is 197 Å². The molecule has 0 aliphatic heterocycles. The summed E-state index contributed by atoms with van der Waals surface area (Å²) in [6.45, 7) is 0. The molecule has 0 saturated heterocycles. The number of aromatic nitrogens is 2. The van der Waals surface area contributed by atoms with Crippen LogP contribution in [0.1, 0.15) is 0 Å². The topological polar surface area (TPSA) is 47.3 Å². The first-order valence-electron chi connectivity index (χ1n) is 18.1. The molecule has 11 aromatic rings. The van der Waals surface area contributed by atoms with Gasteiger partial charge in [-0.2, -0.15) is 0 Å². The Hall–Kier alpha value is -7.37. The van der Waals surface area contributed by atoms with E-state index in [2.05, 4.69) is 155 Å². The number of para-hydroxylation sites is 4. The van der Waals surface area contributed by atoms with Crippen LogP contribution in [0.3, 0.4) is 0 Å². The van der Waals surface area contributed by atoms with Crippen molar-refractivity contribution in [3.05, 3.63) is 188 Å². The number of hydrogen-bond acceptors (Lipinski definition) is 4. The summed E-state index contributed by atoms with van der Waals surface area (Å²) in [5.74, 6) is 0.603. The molecule has 0 radical (unpaired) electrons. The first-order chi connectivity index (χ1) is 26.8. The Morgan fingerprint density at radius 2 is 1.15 bits per heavy atom. The van der Waals surface area contributed by atoms with Gasteiger partial charge in [-0.3, -0.25) is 0 Å². The fourth-order valence-electron chi connectivity index (χ4n) is 7.96. The van der Waals surface area contributed by atoms with Gasteiger partial charge in [0.25, 0.3) is 0 Å². The van der Waals surface area contributed by atoms with Gasteiger partial charge in [0.1, 0.15) is 16.7 Å². The average molecular weight is 694 g/mol. The molecule has 8 aromatic carbocycles. The number of furan rings is 1. The molecule has 5 heteroatoms. The van der Waals surface area contributed by atoms with E-state index in [0.717, 1.165) is 78.0 Å². The summed E-state index contributed by atoms with van der Waals surface area (Å²) in [6.07, 6.45) is 0. The minimum atomic E-state index is 0.603. The highest BCUT2D eigenvalue weighted by Crippen LogP contribution is 2.44. The lowest BCUT2D eigenvalue weighted by Gasteiger charge is -2.27. The second-order valence-corrected chi connectivity index (χ2v) is 13.6. The smallest absolute Gasteiger partial charge is 0.227 e. The van der Waals surface area contributed by atoms with Crippen LogP contribution in [-0.2, 0) is 0 Å². The van der Waals surface area contributed by atoms with E-state index in [9.17, 15) is 0 Å². The van der Waals surface area contributed by atoms with Gasteiger partial charge in [0, 0.05) is 38.8 Å². The molecule has 3 aromatic heterocycles. The monoisotopic (exact) mass is 693 g/mol. The average Bonchev–Trinajstić information content (AvgIpc) is 3.94. The van der Waals surface area contributed by atoms with Crippen molar-refractivity contribution in [1.82, 2.24) is 9.55 Å². The van der Waals surface area contributed by atoms with Crippen LogP contribution in [0, 0.1) is 0 Å². The largest absolute Gasteiger partial charge is 0.456 e. The predicted molar refractivity (Wildman–Crippen MR) is 221 cm³/mol. The molecule has 5 nitrogen and oxygen atoms in total. The molecule has 0 unspecified atom stereocenters. The van der Waals surface area contributed by atoms with Crippen molar-refractivity contribution in [1.29, 1.82) is 0 Å². The number of benzene rings is 8. The number of hydrogen-bond donors (Lipinski definition) is 0. The van der Waals surface area contributed by atoms with Gasteiger partial charge < -0.3 is 18.3 Å². The van der Waals surface area contributed by atoms with E-state index in [1.807, 2.05) is 42.5 Å². The van der Waals surface area contributed by atoms with E-state index in [1.165, 1.54) is 16.3 Å². The predicted octanol–water partition coefficient (Wildman–Crippen LogP) is 13.6. The molecule has 0 aliphatic rings. The molecule has 0 aliphatic carbocycles. The van der Waals surface area contributed by atoms with Crippen LogP contribution in [0.4, 0.5) is 17.1 Å². The van der Waals surface area contributed by atoms with Gasteiger partial charge in [0.2, 0.25) is 5.89 Å². The molecule has 0 saturated carbocycles. The maximum absolute atomic E-state index is 6.43. The van der Waals surface area contributed by atoms with Gasteiger partial charge in [-0.05, 0) is 96.1 Å². The van der Waals surface area contributed by atoms with E-state index in [0.29, 0.717) is 5.89 Å². The van der Waals surface area contributed by atoms with Crippen molar-refractivity contribution in [3.8, 4) is 28.3 Å². The van der Waals surface area contributed by atoms with Crippen LogP contribution in [-0.4, -0.2) is 9.55 Å². The third-order valence-electron chi connectivity index (χ3n) is 10.4. The molecule has 254 valence electrons. The molecule has 0 fully saturated rings. The fourth-order valence-corrected chi connectivity index (χ4v) is 7.96. The zero-order valence-corrected chi connectivity index (χ0v) is 29.1. The summed E-state index contributed by atoms with van der Waals surface area (Å²) in [7, 11) is 0. The fraction of sp³-hybridized carbons (Fsp3) is 0. The quantitative estimate of drug-likeness (QED) is 0.174. The minimum Gasteiger partial charge on any atom is -0.456 e. The second kappa shape index (κ2) is 12.1. The third-order valence-corrected chi connectivity index (χ3v) is 10.4. The maximum Gasteiger partial charge on any atom is 0.227 e. The van der Waals surface area contributed by atoms with Gasteiger partial charge >= 0.3 is 0 Å². The highest BCUT2D eigenvalue weighted by atomic mass is 16.4. The van der Waals surface area contributed by atoms with Gasteiger partial charge in [0.05, 0.1) is 22.1 Å². The summed E-state index contributed by atoms with van der Waals surface area (Å²) in [6, 6.07) is 65.7. The van der Waals surface area contributed by atoms with Crippen LogP contribution >= 0.6 is 0 Å². The molecule has 0 N–H and O–H groups in total. The number of anilines is 3. The summed E-state index contributed by atoms with van der Waals surface area (Å²) in [5.41, 5.74) is 13.0. The third kappa shape index (κ3) is 4.76. The molecule has 0 atom stereocenters. The summed E-state index contributed by atoms with van der Waals surface area (Å²) in [4.78, 5) is 7.15. The number of oxazole rings is 1. The first-order valence-corrected chi connectivity index (χ1v) is 18.1. The van der Waals surface area contributed by atoms with E-state index in [-0.39, 0.29) is 0 Å². The Morgan fingerprint density at radius 3 is 1.96 bits per heavy atom. The van der Waals surface area contributed by atoms with Gasteiger partial charge in [-0.25, -0.2) is 4.98 Å². The lowest BCUT2D eigenvalue weighted by atomic mass is 10.0. The van der Waals surface area contributed by atoms with Crippen molar-refractivity contribution < 1.29 is 8.83 Å². The Morgan fingerprint density at radius 1 is 0.463 bits per heavy atom. The number of rotatable bonds is 6. The Balaban J connectivity index is 1.03. The van der Waals surface area contributed by atoms with E-state index < -0.39 is 0 Å². The normalized spacial score (nSPS) is 11.7. The number of nitrogens with zero attached hydrogens (tertiary/aromatic N) is 3. The first kappa shape index (κ1) is 30.3. The van der Waals surface area contributed by atoms with Gasteiger partial charge in [-0.15, -0.1) is 0 Å². The molecular formula is C49H31N3O2. The SMILES string of the molecule is c1ccc(-c2nc3ccc4oc5cc(-c6ccc(N(c7ccccc7)c7cccc8c9ccccc9n(-c9ccccc9)c78)cc6)ccc5c4c3o2)cc1. The minimum absolute atomic E-state index is 0.603. The summed E-state index contributed by atoms with van der Waals surface area (Å²) in [5, 5.41) is 4.38. The van der Waals surface area contributed by atoms with Crippen LogP contribution < -0.4 is 4.90 Å². The maximum atomic E-state index is 6.43. The molecule has 54 heavy (non-hydrogen) atoms. The van der Waals surface area contributed by atoms with Crippen molar-refractivity contribution >= 4 is 71.9 Å². The van der Waals surface area contributed by atoms with Gasteiger partial charge in [-0.1, -0.05) is 103 Å². The molecule has 0 amide bonds. The van der Waals surface area contributed by atoms with Crippen molar-refractivity contribution in [2.75, 3.05) is 4.90 Å². The summed E-state index contributed by atoms with van der Waals surface area (Å²) < 4.78 is 15.2. The van der Waals surface area contributed by atoms with E-state index >= 15 is 0 Å². The lowest BCUT2D eigenvalue weighted by Crippen LogP contribution is -2.11. The van der Waals surface area contributed by atoms with E-state index in [1.54, 1.807) is 0 Å². The Bertz CT molecular complexity index is 3140. The van der Waals surface area contributed by atoms with Crippen LogP contribution in [0.5, 0.6) is 0 Å². The lowest BCUT2D eigenvalue weighted by molar-refractivity contribution is 0.622. The van der Waals surface area contributed by atoms with Crippen molar-refractivity contribution in [3.63, 3.8) is 0 Å².